The summed E-state index contributed by atoms with van der Waals surface area (Å²) >= 11 is 0. The van der Waals surface area contributed by atoms with Crippen LogP contribution in [0.5, 0.6) is 0 Å². The summed E-state index contributed by atoms with van der Waals surface area (Å²) in [6, 6.07) is 3.17. The second-order valence-corrected chi connectivity index (χ2v) is 2.99. The van der Waals surface area contributed by atoms with Crippen molar-refractivity contribution in [1.29, 1.82) is 0 Å². The van der Waals surface area contributed by atoms with Crippen molar-refractivity contribution in [3.05, 3.63) is 30.1 Å². The van der Waals surface area contributed by atoms with Crippen LogP contribution in [0.15, 0.2) is 24.5 Å². The third-order valence-electron chi connectivity index (χ3n) is 1.07. The largest absolute Gasteiger partial charge is 0.726 e. The van der Waals surface area contributed by atoms with Crippen LogP contribution in [-0.2, 0) is 27.5 Å². The van der Waals surface area contributed by atoms with E-state index in [0.717, 1.165) is 0 Å². The van der Waals surface area contributed by atoms with E-state index in [1.165, 1.54) is 12.4 Å². The van der Waals surface area contributed by atoms with Crippen molar-refractivity contribution >= 4 is 16.3 Å². The molecule has 8 N–H and O–H groups in total. The predicted molar refractivity (Wildman–Crippen MR) is 55.4 cm³/mol. The fraction of sp³-hybridized carbons (Fsp3) is 0. The molecule has 1 rings (SSSR count). The van der Waals surface area contributed by atoms with Crippen LogP contribution in [0.2, 0.25) is 0 Å². The number of amides is 1. The Morgan fingerprint density at radius 3 is 1.94 bits per heavy atom. The van der Waals surface area contributed by atoms with Gasteiger partial charge in [-0.2, -0.15) is 0 Å². The number of nitrogens with zero attached hydrogens (tertiary/aromatic N) is 1. The maximum Gasteiger partial charge on any atom is 0.265 e. The molecule has 0 saturated carbocycles. The Kier molecular flexibility index (Phi) is 17.6. The molecule has 0 atom stereocenters. The first-order valence-corrected chi connectivity index (χ1v) is 4.80. The van der Waals surface area contributed by atoms with Gasteiger partial charge in [-0.15, -0.1) is 0 Å². The standard InChI is InChI=1S/C6H7N3O.Fe.H2O4S.2H2O/c7-9-6(10)5-1-3-8-4-2-5;;1-5(2,3)4;;/h1-4H,7H2,(H,9,10);;(H2,1,2,3,4);2*1H2/p-1. The van der Waals surface area contributed by atoms with Gasteiger partial charge in [-0.05, 0) is 12.1 Å². The molecule has 1 aromatic heterocycles. The third-order valence-corrected chi connectivity index (χ3v) is 1.07. The molecule has 0 aliphatic rings. The number of aromatic nitrogens is 1. The minimum Gasteiger partial charge on any atom is -0.726 e. The van der Waals surface area contributed by atoms with E-state index < -0.39 is 10.4 Å². The predicted octanol–water partition coefficient (Wildman–Crippen LogP) is -2.96. The molecule has 12 heteroatoms. The molecule has 0 radical (unpaired) electrons. The zero-order chi connectivity index (χ0) is 11.9. The first kappa shape index (κ1) is 25.7. The molecule has 0 aliphatic heterocycles. The van der Waals surface area contributed by atoms with Gasteiger partial charge in [0.05, 0.1) is 0 Å². The van der Waals surface area contributed by atoms with E-state index in [4.69, 9.17) is 23.4 Å². The molecule has 0 aromatic carbocycles. The Morgan fingerprint density at radius 1 is 1.33 bits per heavy atom. The van der Waals surface area contributed by atoms with Crippen LogP contribution in [0.25, 0.3) is 0 Å². The number of carbonyl (C=O) groups is 1. The second-order valence-electron chi connectivity index (χ2n) is 2.14. The van der Waals surface area contributed by atoms with Crippen LogP contribution in [-0.4, -0.2) is 39.4 Å². The molecule has 18 heavy (non-hydrogen) atoms. The number of hydrogen-bond acceptors (Lipinski definition) is 6. The summed E-state index contributed by atoms with van der Waals surface area (Å²) in [5.74, 6) is 4.58. The summed E-state index contributed by atoms with van der Waals surface area (Å²) in [6.07, 6.45) is 3.06. The van der Waals surface area contributed by atoms with Gasteiger partial charge in [0.15, 0.2) is 0 Å². The van der Waals surface area contributed by atoms with Crippen LogP contribution in [0.4, 0.5) is 0 Å². The van der Waals surface area contributed by atoms with Crippen LogP contribution in [0.1, 0.15) is 10.4 Å². The topological polar surface area (TPSA) is 208 Å². The first-order chi connectivity index (χ1) is 6.84. The molecular formula is C6H12FeN3O7S-. The third kappa shape index (κ3) is 17.3. The molecule has 0 saturated heterocycles. The van der Waals surface area contributed by atoms with Gasteiger partial charge in [-0.1, -0.05) is 0 Å². The number of nitrogens with two attached hydrogens (primary N) is 1. The van der Waals surface area contributed by atoms with Crippen molar-refractivity contribution in [3.63, 3.8) is 0 Å². The molecule has 0 fully saturated rings. The van der Waals surface area contributed by atoms with Crippen molar-refractivity contribution in [2.75, 3.05) is 0 Å². The number of hydrogen-bond donors (Lipinski definition) is 3. The van der Waals surface area contributed by atoms with E-state index in [1.54, 1.807) is 12.1 Å². The van der Waals surface area contributed by atoms with Gasteiger partial charge >= 0.3 is 0 Å². The summed E-state index contributed by atoms with van der Waals surface area (Å²) in [6.45, 7) is 0. The molecule has 1 heterocycles. The fourth-order valence-electron chi connectivity index (χ4n) is 0.587. The summed E-state index contributed by atoms with van der Waals surface area (Å²) in [5.41, 5.74) is 2.53. The van der Waals surface area contributed by atoms with Crippen LogP contribution < -0.4 is 11.3 Å². The Hall–Kier alpha value is -1.11. The first-order valence-electron chi connectivity index (χ1n) is 3.44. The maximum atomic E-state index is 10.7. The average molecular weight is 326 g/mol. The Morgan fingerprint density at radius 2 is 1.67 bits per heavy atom. The molecule has 1 amide bonds. The van der Waals surface area contributed by atoms with Crippen molar-refractivity contribution in [3.8, 4) is 0 Å². The van der Waals surface area contributed by atoms with Gasteiger partial charge < -0.3 is 15.5 Å². The van der Waals surface area contributed by atoms with Gasteiger partial charge in [0.2, 0.25) is 10.4 Å². The minimum absolute atomic E-state index is 0. The summed E-state index contributed by atoms with van der Waals surface area (Å²) < 4.78 is 32.8. The number of hydrazine groups is 1. The summed E-state index contributed by atoms with van der Waals surface area (Å²) in [5, 5.41) is 0. The molecular weight excluding hydrogens is 314 g/mol. The molecule has 0 bridgehead atoms. The van der Waals surface area contributed by atoms with E-state index in [9.17, 15) is 4.79 Å². The minimum atomic E-state index is -4.92. The van der Waals surface area contributed by atoms with E-state index >= 15 is 0 Å². The van der Waals surface area contributed by atoms with E-state index in [0.29, 0.717) is 5.56 Å². The Bertz CT molecular complexity index is 404. The van der Waals surface area contributed by atoms with Crippen molar-refractivity contribution in [2.24, 2.45) is 5.84 Å². The Labute approximate surface area is 113 Å². The molecule has 108 valence electrons. The van der Waals surface area contributed by atoms with Gasteiger partial charge in [0.1, 0.15) is 0 Å². The van der Waals surface area contributed by atoms with Gasteiger partial charge in [0, 0.05) is 35.0 Å². The average Bonchev–Trinajstić information content (AvgIpc) is 2.15. The molecule has 0 aliphatic carbocycles. The van der Waals surface area contributed by atoms with Crippen molar-refractivity contribution in [1.82, 2.24) is 10.4 Å². The van der Waals surface area contributed by atoms with Crippen LogP contribution in [0.3, 0.4) is 0 Å². The number of nitrogen functional groups attached to an aromatic ring is 1. The van der Waals surface area contributed by atoms with E-state index in [1.807, 2.05) is 5.43 Å². The van der Waals surface area contributed by atoms with Gasteiger partial charge in [0.25, 0.3) is 5.91 Å². The molecule has 1 aromatic rings. The van der Waals surface area contributed by atoms with Crippen molar-refractivity contribution in [2.45, 2.75) is 0 Å². The zero-order valence-corrected chi connectivity index (χ0v) is 10.6. The SMILES string of the molecule is NNC(=O)c1ccncc1.O.O.O=S(=O)([O-])O.[Fe]. The second kappa shape index (κ2) is 12.3. The normalized spacial score (nSPS) is 8.17. The number of rotatable bonds is 1. The number of nitrogens with one attached hydrogen (secondary N) is 1. The maximum absolute atomic E-state index is 10.7. The zero-order valence-electron chi connectivity index (χ0n) is 8.68. The van der Waals surface area contributed by atoms with Gasteiger partial charge in [-0.25, -0.2) is 14.3 Å². The fourth-order valence-corrected chi connectivity index (χ4v) is 0.587. The molecule has 10 nitrogen and oxygen atoms in total. The van der Waals surface area contributed by atoms with E-state index in [-0.39, 0.29) is 33.9 Å². The monoisotopic (exact) mass is 326 g/mol. The van der Waals surface area contributed by atoms with E-state index in [2.05, 4.69) is 4.98 Å². The van der Waals surface area contributed by atoms with Crippen LogP contribution in [0, 0.1) is 0 Å². The smallest absolute Gasteiger partial charge is 0.265 e. The quantitative estimate of drug-likeness (QED) is 0.122. The van der Waals surface area contributed by atoms with Crippen molar-refractivity contribution < 1.29 is 50.3 Å². The van der Waals surface area contributed by atoms with Crippen LogP contribution >= 0.6 is 0 Å². The summed E-state index contributed by atoms with van der Waals surface area (Å²) in [7, 11) is -4.92. The Balaban J connectivity index is -0.000000109. The number of carbonyl (C=O) groups excluding carboxylic acids is 1. The molecule has 0 unspecified atom stereocenters. The number of pyridine rings is 1. The molecule has 0 spiro atoms. The summed E-state index contributed by atoms with van der Waals surface area (Å²) in [4.78, 5) is 14.5. The van der Waals surface area contributed by atoms with Gasteiger partial charge in [-0.3, -0.25) is 19.8 Å².